The quantitative estimate of drug-likeness (QED) is 0.805. The molecule has 1 N–H and O–H groups in total. The molecule has 0 radical (unpaired) electrons. The summed E-state index contributed by atoms with van der Waals surface area (Å²) in [7, 11) is 0. The lowest BCUT2D eigenvalue weighted by molar-refractivity contribution is -0.121. The highest BCUT2D eigenvalue weighted by atomic mass is 35.5. The summed E-state index contributed by atoms with van der Waals surface area (Å²) < 4.78 is 5.56. The van der Waals surface area contributed by atoms with Gasteiger partial charge in [-0.1, -0.05) is 12.1 Å². The highest BCUT2D eigenvalue weighted by Crippen LogP contribution is 2.18. The third kappa shape index (κ3) is 4.96. The number of alkyl halides is 1. The number of ether oxygens (including phenoxy) is 1. The van der Waals surface area contributed by atoms with Crippen LogP contribution in [0.15, 0.2) is 24.3 Å². The average molecular weight is 270 g/mol. The van der Waals surface area contributed by atoms with Crippen LogP contribution in [0.5, 0.6) is 5.75 Å². The van der Waals surface area contributed by atoms with Crippen molar-refractivity contribution in [3.05, 3.63) is 29.8 Å². The van der Waals surface area contributed by atoms with Gasteiger partial charge in [-0.05, 0) is 38.5 Å². The fourth-order valence-corrected chi connectivity index (χ4v) is 1.76. The van der Waals surface area contributed by atoms with Crippen LogP contribution in [0.1, 0.15) is 38.8 Å². The van der Waals surface area contributed by atoms with E-state index in [1.54, 1.807) is 0 Å². The number of rotatable bonds is 6. The van der Waals surface area contributed by atoms with E-state index in [2.05, 4.69) is 5.32 Å². The van der Waals surface area contributed by atoms with E-state index in [1.165, 1.54) is 0 Å². The van der Waals surface area contributed by atoms with E-state index in [0.29, 0.717) is 12.3 Å². The van der Waals surface area contributed by atoms with Gasteiger partial charge in [0.15, 0.2) is 0 Å². The summed E-state index contributed by atoms with van der Waals surface area (Å²) >= 11 is 5.52. The van der Waals surface area contributed by atoms with Crippen molar-refractivity contribution in [2.75, 3.05) is 5.88 Å². The Bertz CT molecular complexity index is 376. The van der Waals surface area contributed by atoms with Crippen molar-refractivity contribution >= 4 is 17.5 Å². The van der Waals surface area contributed by atoms with Crippen LogP contribution in [0, 0.1) is 0 Å². The maximum Gasteiger partial charge on any atom is 0.221 e. The molecular weight excluding hydrogens is 250 g/mol. The summed E-state index contributed by atoms with van der Waals surface area (Å²) in [6.45, 7) is 5.93. The zero-order chi connectivity index (χ0) is 13.5. The maximum absolute atomic E-state index is 11.4. The molecule has 3 nitrogen and oxygen atoms in total. The number of halogens is 1. The van der Waals surface area contributed by atoms with Gasteiger partial charge in [-0.3, -0.25) is 4.79 Å². The molecule has 0 aliphatic carbocycles. The Kier molecular flexibility index (Phi) is 5.99. The highest BCUT2D eigenvalue weighted by Gasteiger charge is 2.09. The van der Waals surface area contributed by atoms with E-state index in [0.717, 1.165) is 11.3 Å². The molecule has 0 aliphatic rings. The van der Waals surface area contributed by atoms with Crippen molar-refractivity contribution < 1.29 is 9.53 Å². The van der Waals surface area contributed by atoms with Gasteiger partial charge >= 0.3 is 0 Å². The topological polar surface area (TPSA) is 38.3 Å². The molecule has 1 unspecified atom stereocenters. The Morgan fingerprint density at radius 3 is 2.39 bits per heavy atom. The summed E-state index contributed by atoms with van der Waals surface area (Å²) in [6, 6.07) is 7.74. The maximum atomic E-state index is 11.4. The Balaban J connectivity index is 2.58. The SMILES string of the molecule is CC(C)Oc1ccc(C(C)NC(=O)CCCl)cc1. The third-order valence-corrected chi connectivity index (χ3v) is 2.64. The molecule has 1 rings (SSSR count). The second kappa shape index (κ2) is 7.27. The molecule has 0 heterocycles. The second-order valence-electron chi connectivity index (χ2n) is 4.46. The Morgan fingerprint density at radius 1 is 1.28 bits per heavy atom. The van der Waals surface area contributed by atoms with Crippen LogP contribution >= 0.6 is 11.6 Å². The Hall–Kier alpha value is -1.22. The number of hydrogen-bond acceptors (Lipinski definition) is 2. The number of carbonyl (C=O) groups excluding carboxylic acids is 1. The summed E-state index contributed by atoms with van der Waals surface area (Å²) in [6.07, 6.45) is 0.511. The normalized spacial score (nSPS) is 12.3. The lowest BCUT2D eigenvalue weighted by Crippen LogP contribution is -2.26. The highest BCUT2D eigenvalue weighted by molar-refractivity contribution is 6.18. The van der Waals surface area contributed by atoms with Crippen LogP contribution < -0.4 is 10.1 Å². The number of hydrogen-bond donors (Lipinski definition) is 1. The molecule has 0 saturated heterocycles. The molecule has 0 aromatic heterocycles. The molecule has 100 valence electrons. The molecule has 0 saturated carbocycles. The van der Waals surface area contributed by atoms with Gasteiger partial charge < -0.3 is 10.1 Å². The molecule has 0 fully saturated rings. The van der Waals surface area contributed by atoms with Crippen LogP contribution in [0.4, 0.5) is 0 Å². The minimum atomic E-state index is -0.0278. The van der Waals surface area contributed by atoms with E-state index in [4.69, 9.17) is 16.3 Å². The first-order valence-corrected chi connectivity index (χ1v) is 6.68. The van der Waals surface area contributed by atoms with Gasteiger partial charge in [0, 0.05) is 12.3 Å². The minimum Gasteiger partial charge on any atom is -0.491 e. The summed E-state index contributed by atoms with van der Waals surface area (Å²) in [5.41, 5.74) is 1.05. The molecule has 0 aliphatic heterocycles. The van der Waals surface area contributed by atoms with Gasteiger partial charge in [0.05, 0.1) is 12.1 Å². The van der Waals surface area contributed by atoms with E-state index >= 15 is 0 Å². The molecule has 1 aromatic rings. The van der Waals surface area contributed by atoms with E-state index in [-0.39, 0.29) is 18.1 Å². The molecule has 1 amide bonds. The minimum absolute atomic E-state index is 0.0196. The first kappa shape index (κ1) is 14.8. The predicted molar refractivity (Wildman–Crippen MR) is 74.1 cm³/mol. The van der Waals surface area contributed by atoms with Gasteiger partial charge in [0.25, 0.3) is 0 Å². The Labute approximate surface area is 113 Å². The molecule has 0 bridgehead atoms. The van der Waals surface area contributed by atoms with Gasteiger partial charge in [0.1, 0.15) is 5.75 Å². The van der Waals surface area contributed by atoms with E-state index in [9.17, 15) is 4.79 Å². The fourth-order valence-electron chi connectivity index (χ4n) is 1.59. The average Bonchev–Trinajstić information content (AvgIpc) is 2.29. The van der Waals surface area contributed by atoms with E-state index in [1.807, 2.05) is 45.0 Å². The monoisotopic (exact) mass is 269 g/mol. The lowest BCUT2D eigenvalue weighted by atomic mass is 10.1. The second-order valence-corrected chi connectivity index (χ2v) is 4.84. The smallest absolute Gasteiger partial charge is 0.221 e. The van der Waals surface area contributed by atoms with Crippen molar-refractivity contribution in [1.82, 2.24) is 5.32 Å². The van der Waals surface area contributed by atoms with Gasteiger partial charge in [-0.15, -0.1) is 11.6 Å². The molecule has 4 heteroatoms. The predicted octanol–water partition coefficient (Wildman–Crippen LogP) is 3.28. The number of carbonyl (C=O) groups is 1. The fraction of sp³-hybridized carbons (Fsp3) is 0.500. The van der Waals surface area contributed by atoms with Gasteiger partial charge in [-0.25, -0.2) is 0 Å². The molecule has 1 atom stereocenters. The van der Waals surface area contributed by atoms with Crippen molar-refractivity contribution in [2.45, 2.75) is 39.3 Å². The summed E-state index contributed by atoms with van der Waals surface area (Å²) in [4.78, 5) is 11.4. The standard InChI is InChI=1S/C14H20ClNO2/c1-10(2)18-13-6-4-12(5-7-13)11(3)16-14(17)8-9-15/h4-7,10-11H,8-9H2,1-3H3,(H,16,17). The van der Waals surface area contributed by atoms with E-state index < -0.39 is 0 Å². The Morgan fingerprint density at radius 2 is 1.89 bits per heavy atom. The largest absolute Gasteiger partial charge is 0.491 e. The van der Waals surface area contributed by atoms with Crippen molar-refractivity contribution in [1.29, 1.82) is 0 Å². The molecule has 0 spiro atoms. The van der Waals surface area contributed by atoms with Crippen molar-refractivity contribution in [3.63, 3.8) is 0 Å². The van der Waals surface area contributed by atoms with Gasteiger partial charge in [-0.2, -0.15) is 0 Å². The van der Waals surface area contributed by atoms with Crippen LogP contribution in [0.2, 0.25) is 0 Å². The zero-order valence-electron chi connectivity index (χ0n) is 11.1. The zero-order valence-corrected chi connectivity index (χ0v) is 11.8. The van der Waals surface area contributed by atoms with Crippen LogP contribution in [0.25, 0.3) is 0 Å². The first-order valence-electron chi connectivity index (χ1n) is 6.15. The summed E-state index contributed by atoms with van der Waals surface area (Å²) in [5.74, 6) is 1.16. The third-order valence-electron chi connectivity index (χ3n) is 2.45. The van der Waals surface area contributed by atoms with Crippen molar-refractivity contribution in [3.8, 4) is 5.75 Å². The first-order chi connectivity index (χ1) is 8.52. The molecule has 18 heavy (non-hydrogen) atoms. The van der Waals surface area contributed by atoms with Crippen LogP contribution in [-0.2, 0) is 4.79 Å². The summed E-state index contributed by atoms with van der Waals surface area (Å²) in [5, 5.41) is 2.89. The van der Waals surface area contributed by atoms with Crippen LogP contribution in [0.3, 0.4) is 0 Å². The molecular formula is C14H20ClNO2. The number of amides is 1. The van der Waals surface area contributed by atoms with Crippen molar-refractivity contribution in [2.24, 2.45) is 0 Å². The number of nitrogens with one attached hydrogen (secondary N) is 1. The number of benzene rings is 1. The molecule has 1 aromatic carbocycles. The van der Waals surface area contributed by atoms with Crippen LogP contribution in [-0.4, -0.2) is 17.9 Å². The van der Waals surface area contributed by atoms with Gasteiger partial charge in [0.2, 0.25) is 5.91 Å². The lowest BCUT2D eigenvalue weighted by Gasteiger charge is -2.15.